The van der Waals surface area contributed by atoms with Crippen LogP contribution in [0.25, 0.3) is 0 Å². The Labute approximate surface area is 132 Å². The molecule has 1 aromatic rings. The number of nitrogens with zero attached hydrogens (tertiary/aromatic N) is 1. The van der Waals surface area contributed by atoms with Crippen LogP contribution in [0.3, 0.4) is 0 Å². The maximum Gasteiger partial charge on any atom is 0.410 e. The SMILES string of the molecule is CC(C)(C)OC(=O)N1CCC(N)C(OCc2ccccc2)C1. The third-order valence-electron chi connectivity index (χ3n) is 3.57. The molecule has 122 valence electrons. The number of rotatable bonds is 3. The predicted molar refractivity (Wildman–Crippen MR) is 85.4 cm³/mol. The lowest BCUT2D eigenvalue weighted by Gasteiger charge is -2.37. The average Bonchev–Trinajstić information content (AvgIpc) is 2.45. The van der Waals surface area contributed by atoms with Gasteiger partial charge < -0.3 is 20.1 Å². The number of likely N-dealkylation sites (tertiary alicyclic amines) is 1. The van der Waals surface area contributed by atoms with Crippen LogP contribution in [-0.4, -0.2) is 41.8 Å². The quantitative estimate of drug-likeness (QED) is 0.932. The van der Waals surface area contributed by atoms with E-state index < -0.39 is 5.60 Å². The minimum Gasteiger partial charge on any atom is -0.444 e. The lowest BCUT2D eigenvalue weighted by atomic mass is 10.0. The Morgan fingerprint density at radius 1 is 1.32 bits per heavy atom. The third-order valence-corrected chi connectivity index (χ3v) is 3.57. The van der Waals surface area contributed by atoms with Crippen LogP contribution in [0.2, 0.25) is 0 Å². The van der Waals surface area contributed by atoms with E-state index >= 15 is 0 Å². The maximum atomic E-state index is 12.1. The second-order valence-electron chi connectivity index (χ2n) is 6.71. The van der Waals surface area contributed by atoms with Crippen molar-refractivity contribution in [3.8, 4) is 0 Å². The van der Waals surface area contributed by atoms with Crippen molar-refractivity contribution in [2.75, 3.05) is 13.1 Å². The van der Waals surface area contributed by atoms with E-state index in [1.165, 1.54) is 0 Å². The molecule has 1 aromatic carbocycles. The van der Waals surface area contributed by atoms with Gasteiger partial charge >= 0.3 is 6.09 Å². The zero-order valence-electron chi connectivity index (χ0n) is 13.6. The molecule has 0 spiro atoms. The van der Waals surface area contributed by atoms with Gasteiger partial charge in [0.05, 0.1) is 19.3 Å². The summed E-state index contributed by atoms with van der Waals surface area (Å²) in [6, 6.07) is 9.90. The summed E-state index contributed by atoms with van der Waals surface area (Å²) in [5, 5.41) is 0. The van der Waals surface area contributed by atoms with E-state index in [9.17, 15) is 4.79 Å². The molecular weight excluding hydrogens is 280 g/mol. The summed E-state index contributed by atoms with van der Waals surface area (Å²) in [4.78, 5) is 13.8. The van der Waals surface area contributed by atoms with E-state index in [0.717, 1.165) is 12.0 Å². The summed E-state index contributed by atoms with van der Waals surface area (Å²) in [5.74, 6) is 0. The summed E-state index contributed by atoms with van der Waals surface area (Å²) < 4.78 is 11.3. The molecule has 5 heteroatoms. The molecule has 1 saturated heterocycles. The molecule has 2 unspecified atom stereocenters. The monoisotopic (exact) mass is 306 g/mol. The molecule has 2 atom stereocenters. The van der Waals surface area contributed by atoms with Gasteiger partial charge in [0.1, 0.15) is 5.60 Å². The average molecular weight is 306 g/mol. The highest BCUT2D eigenvalue weighted by Crippen LogP contribution is 2.18. The second kappa shape index (κ2) is 7.11. The number of carbonyl (C=O) groups is 1. The summed E-state index contributed by atoms with van der Waals surface area (Å²) in [6.07, 6.45) is 0.257. The topological polar surface area (TPSA) is 64.8 Å². The van der Waals surface area contributed by atoms with Crippen molar-refractivity contribution in [2.45, 2.75) is 51.5 Å². The zero-order valence-corrected chi connectivity index (χ0v) is 13.6. The van der Waals surface area contributed by atoms with Gasteiger partial charge in [0.25, 0.3) is 0 Å². The Bertz CT molecular complexity index is 484. The fraction of sp³-hybridized carbons (Fsp3) is 0.588. The van der Waals surface area contributed by atoms with Crippen LogP contribution in [0.5, 0.6) is 0 Å². The Morgan fingerprint density at radius 2 is 2.00 bits per heavy atom. The molecule has 1 aliphatic rings. The standard InChI is InChI=1S/C17H26N2O3/c1-17(2,3)22-16(20)19-10-9-14(18)15(11-19)21-12-13-7-5-4-6-8-13/h4-8,14-15H,9-12,18H2,1-3H3. The zero-order chi connectivity index (χ0) is 16.2. The summed E-state index contributed by atoms with van der Waals surface area (Å²) in [6.45, 7) is 7.18. The summed E-state index contributed by atoms with van der Waals surface area (Å²) in [5.41, 5.74) is 6.74. The first-order chi connectivity index (χ1) is 10.3. The van der Waals surface area contributed by atoms with Crippen molar-refractivity contribution in [2.24, 2.45) is 5.73 Å². The predicted octanol–water partition coefficient (Wildman–Crippen LogP) is 2.54. The normalized spacial score (nSPS) is 22.5. The van der Waals surface area contributed by atoms with Crippen molar-refractivity contribution in [3.05, 3.63) is 35.9 Å². The van der Waals surface area contributed by atoms with Crippen molar-refractivity contribution in [1.82, 2.24) is 4.90 Å². The number of carbonyl (C=O) groups excluding carboxylic acids is 1. The number of nitrogens with two attached hydrogens (primary N) is 1. The highest BCUT2D eigenvalue weighted by molar-refractivity contribution is 5.68. The first kappa shape index (κ1) is 16.8. The van der Waals surface area contributed by atoms with Gasteiger partial charge in [0.2, 0.25) is 0 Å². The molecule has 5 nitrogen and oxygen atoms in total. The number of hydrogen-bond donors (Lipinski definition) is 1. The molecule has 2 rings (SSSR count). The van der Waals surface area contributed by atoms with Crippen LogP contribution in [0, 0.1) is 0 Å². The molecular formula is C17H26N2O3. The van der Waals surface area contributed by atoms with Crippen LogP contribution in [0.4, 0.5) is 4.79 Å². The smallest absolute Gasteiger partial charge is 0.410 e. The van der Waals surface area contributed by atoms with Crippen LogP contribution >= 0.6 is 0 Å². The highest BCUT2D eigenvalue weighted by Gasteiger charge is 2.32. The molecule has 1 amide bonds. The minimum absolute atomic E-state index is 0.0533. The number of benzene rings is 1. The van der Waals surface area contributed by atoms with E-state index in [1.807, 2.05) is 51.1 Å². The Kier molecular flexibility index (Phi) is 5.42. The van der Waals surface area contributed by atoms with E-state index in [-0.39, 0.29) is 18.2 Å². The van der Waals surface area contributed by atoms with Gasteiger partial charge in [-0.05, 0) is 32.8 Å². The lowest BCUT2D eigenvalue weighted by Crippen LogP contribution is -2.54. The van der Waals surface area contributed by atoms with Crippen LogP contribution in [0.15, 0.2) is 30.3 Å². The fourth-order valence-electron chi connectivity index (χ4n) is 2.38. The van der Waals surface area contributed by atoms with E-state index in [2.05, 4.69) is 0 Å². The first-order valence-corrected chi connectivity index (χ1v) is 7.74. The number of hydrogen-bond acceptors (Lipinski definition) is 4. The molecule has 0 aliphatic carbocycles. The third kappa shape index (κ3) is 5.00. The lowest BCUT2D eigenvalue weighted by molar-refractivity contribution is -0.0343. The molecule has 0 bridgehead atoms. The Balaban J connectivity index is 1.89. The number of piperidine rings is 1. The van der Waals surface area contributed by atoms with Crippen LogP contribution < -0.4 is 5.73 Å². The Morgan fingerprint density at radius 3 is 2.64 bits per heavy atom. The van der Waals surface area contributed by atoms with Crippen molar-refractivity contribution in [1.29, 1.82) is 0 Å². The van der Waals surface area contributed by atoms with Gasteiger partial charge in [-0.15, -0.1) is 0 Å². The van der Waals surface area contributed by atoms with Crippen molar-refractivity contribution in [3.63, 3.8) is 0 Å². The summed E-state index contributed by atoms with van der Waals surface area (Å²) in [7, 11) is 0. The van der Waals surface area contributed by atoms with E-state index in [0.29, 0.717) is 19.7 Å². The van der Waals surface area contributed by atoms with Gasteiger partial charge in [-0.2, -0.15) is 0 Å². The molecule has 0 radical (unpaired) electrons. The van der Waals surface area contributed by atoms with Gasteiger partial charge in [-0.3, -0.25) is 0 Å². The largest absolute Gasteiger partial charge is 0.444 e. The minimum atomic E-state index is -0.489. The summed E-state index contributed by atoms with van der Waals surface area (Å²) >= 11 is 0. The maximum absolute atomic E-state index is 12.1. The molecule has 22 heavy (non-hydrogen) atoms. The number of amides is 1. The Hall–Kier alpha value is -1.59. The van der Waals surface area contributed by atoms with Gasteiger partial charge in [0.15, 0.2) is 0 Å². The molecule has 1 aliphatic heterocycles. The van der Waals surface area contributed by atoms with Crippen molar-refractivity contribution >= 4 is 6.09 Å². The van der Waals surface area contributed by atoms with Gasteiger partial charge in [0, 0.05) is 12.6 Å². The molecule has 1 fully saturated rings. The van der Waals surface area contributed by atoms with Crippen LogP contribution in [-0.2, 0) is 16.1 Å². The fourth-order valence-corrected chi connectivity index (χ4v) is 2.38. The van der Waals surface area contributed by atoms with Crippen molar-refractivity contribution < 1.29 is 14.3 Å². The van der Waals surface area contributed by atoms with E-state index in [1.54, 1.807) is 4.90 Å². The second-order valence-corrected chi connectivity index (χ2v) is 6.71. The first-order valence-electron chi connectivity index (χ1n) is 7.74. The molecule has 2 N–H and O–H groups in total. The van der Waals surface area contributed by atoms with Crippen LogP contribution in [0.1, 0.15) is 32.8 Å². The van der Waals surface area contributed by atoms with Gasteiger partial charge in [-0.1, -0.05) is 30.3 Å². The van der Waals surface area contributed by atoms with Gasteiger partial charge in [-0.25, -0.2) is 4.79 Å². The number of ether oxygens (including phenoxy) is 2. The molecule has 0 saturated carbocycles. The van der Waals surface area contributed by atoms with E-state index in [4.69, 9.17) is 15.2 Å². The highest BCUT2D eigenvalue weighted by atomic mass is 16.6. The molecule has 0 aromatic heterocycles. The molecule has 1 heterocycles.